The van der Waals surface area contributed by atoms with Crippen molar-refractivity contribution in [1.29, 1.82) is 0 Å². The van der Waals surface area contributed by atoms with Crippen LogP contribution in [-0.4, -0.2) is 47.5 Å². The van der Waals surface area contributed by atoms with Crippen LogP contribution in [0, 0.1) is 0 Å². The third-order valence-corrected chi connectivity index (χ3v) is 2.19. The van der Waals surface area contributed by atoms with Gasteiger partial charge in [0.05, 0.1) is 6.04 Å². The lowest BCUT2D eigenvalue weighted by molar-refractivity contribution is -0.137. The Bertz CT molecular complexity index is 280. The summed E-state index contributed by atoms with van der Waals surface area (Å²) in [5.41, 5.74) is 4.80. The van der Waals surface area contributed by atoms with E-state index in [9.17, 15) is 14.4 Å². The van der Waals surface area contributed by atoms with Gasteiger partial charge < -0.3 is 10.8 Å². The van der Waals surface area contributed by atoms with Gasteiger partial charge in [-0.1, -0.05) is 0 Å². The normalized spacial score (nSPS) is 12.2. The molecule has 0 aromatic rings. The van der Waals surface area contributed by atoms with E-state index in [1.165, 1.54) is 0 Å². The summed E-state index contributed by atoms with van der Waals surface area (Å²) in [5, 5.41) is 10.4. The maximum Gasteiger partial charge on any atom is 0.318 e. The van der Waals surface area contributed by atoms with Crippen molar-refractivity contribution >= 4 is 17.9 Å². The van der Waals surface area contributed by atoms with E-state index in [1.54, 1.807) is 18.9 Å². The Morgan fingerprint density at radius 1 is 1.44 bits per heavy atom. The molecule has 0 saturated carbocycles. The lowest BCUT2D eigenvalue weighted by Gasteiger charge is -2.22. The van der Waals surface area contributed by atoms with E-state index >= 15 is 0 Å². The average Bonchev–Trinajstić information content (AvgIpc) is 2.14. The minimum atomic E-state index is -0.893. The molecule has 0 aliphatic heterocycles. The molecule has 7 heteroatoms. The summed E-state index contributed by atoms with van der Waals surface area (Å²) in [6.45, 7) is 2.07. The van der Waals surface area contributed by atoms with E-state index in [1.807, 2.05) is 5.32 Å². The molecule has 0 aliphatic carbocycles. The van der Waals surface area contributed by atoms with Crippen LogP contribution in [0.25, 0.3) is 0 Å². The third-order valence-electron chi connectivity index (χ3n) is 2.19. The molecule has 0 aromatic carbocycles. The van der Waals surface area contributed by atoms with E-state index in [2.05, 4.69) is 0 Å². The lowest BCUT2D eigenvalue weighted by atomic mass is 10.2. The molecule has 16 heavy (non-hydrogen) atoms. The number of likely N-dealkylation sites (N-methyl/N-ethyl adjacent to an activating group) is 1. The molecule has 1 atom stereocenters. The van der Waals surface area contributed by atoms with Crippen LogP contribution >= 0.6 is 0 Å². The quantitative estimate of drug-likeness (QED) is 0.563. The molecule has 7 nitrogen and oxygen atoms in total. The largest absolute Gasteiger partial charge is 0.481 e. The minimum absolute atomic E-state index is 0.0501. The molecule has 4 N–H and O–H groups in total. The van der Waals surface area contributed by atoms with Crippen LogP contribution in [0.5, 0.6) is 0 Å². The number of nitrogens with two attached hydrogens (primary N) is 1. The molecule has 0 aliphatic rings. The van der Waals surface area contributed by atoms with Gasteiger partial charge in [0.1, 0.15) is 0 Å². The van der Waals surface area contributed by atoms with Crippen molar-refractivity contribution in [1.82, 2.24) is 10.2 Å². The first-order valence-electron chi connectivity index (χ1n) is 4.87. The minimum Gasteiger partial charge on any atom is -0.481 e. The van der Waals surface area contributed by atoms with Gasteiger partial charge >= 0.3 is 12.0 Å². The van der Waals surface area contributed by atoms with E-state index in [0.29, 0.717) is 13.0 Å². The summed E-state index contributed by atoms with van der Waals surface area (Å²) < 4.78 is 0. The molecule has 3 amide bonds. The maximum atomic E-state index is 11.3. The first-order chi connectivity index (χ1) is 7.34. The highest BCUT2D eigenvalue weighted by Gasteiger charge is 2.18. The number of imide groups is 1. The van der Waals surface area contributed by atoms with Gasteiger partial charge in [0.2, 0.25) is 5.91 Å². The number of nitrogens with zero attached hydrogens (tertiary/aromatic N) is 1. The van der Waals surface area contributed by atoms with E-state index < -0.39 is 23.9 Å². The summed E-state index contributed by atoms with van der Waals surface area (Å²) >= 11 is 0. The zero-order chi connectivity index (χ0) is 12.7. The van der Waals surface area contributed by atoms with Gasteiger partial charge in [0, 0.05) is 6.42 Å². The SMILES string of the molecule is CC(C(=O)NC(N)=O)N(C)CCCC(=O)O. The number of urea groups is 1. The predicted molar refractivity (Wildman–Crippen MR) is 56.7 cm³/mol. The van der Waals surface area contributed by atoms with Crippen LogP contribution in [0.2, 0.25) is 0 Å². The molecule has 0 aromatic heterocycles. The van der Waals surface area contributed by atoms with Crippen molar-refractivity contribution in [2.75, 3.05) is 13.6 Å². The van der Waals surface area contributed by atoms with Crippen molar-refractivity contribution < 1.29 is 19.5 Å². The number of rotatable bonds is 6. The van der Waals surface area contributed by atoms with Gasteiger partial charge in [-0.3, -0.25) is 19.8 Å². The van der Waals surface area contributed by atoms with Crippen LogP contribution in [0.4, 0.5) is 4.79 Å². The second-order valence-corrected chi connectivity index (χ2v) is 3.51. The fraction of sp³-hybridized carbons (Fsp3) is 0.667. The van der Waals surface area contributed by atoms with Gasteiger partial charge in [0.15, 0.2) is 0 Å². The lowest BCUT2D eigenvalue weighted by Crippen LogP contribution is -2.47. The first kappa shape index (κ1) is 14.4. The number of amides is 3. The van der Waals surface area contributed by atoms with Crippen molar-refractivity contribution in [2.45, 2.75) is 25.8 Å². The first-order valence-corrected chi connectivity index (χ1v) is 4.87. The van der Waals surface area contributed by atoms with Gasteiger partial charge in [-0.25, -0.2) is 4.79 Å². The van der Waals surface area contributed by atoms with Gasteiger partial charge in [-0.05, 0) is 26.9 Å². The average molecular weight is 231 g/mol. The molecule has 0 spiro atoms. The number of nitrogens with one attached hydrogen (secondary N) is 1. The van der Waals surface area contributed by atoms with Crippen molar-refractivity contribution in [3.63, 3.8) is 0 Å². The Morgan fingerprint density at radius 2 is 2.00 bits per heavy atom. The van der Waals surface area contributed by atoms with Crippen molar-refractivity contribution in [2.24, 2.45) is 5.73 Å². The number of carbonyl (C=O) groups is 3. The molecule has 0 radical (unpaired) electrons. The Kier molecular flexibility index (Phi) is 6.09. The zero-order valence-corrected chi connectivity index (χ0v) is 9.40. The summed E-state index contributed by atoms with van der Waals surface area (Å²) in [6.07, 6.45) is 0.495. The Hall–Kier alpha value is -1.63. The van der Waals surface area contributed by atoms with Gasteiger partial charge in [-0.15, -0.1) is 0 Å². The number of carboxylic acid groups (broad SMARTS) is 1. The van der Waals surface area contributed by atoms with Crippen LogP contribution in [0.15, 0.2) is 0 Å². The smallest absolute Gasteiger partial charge is 0.318 e. The second kappa shape index (κ2) is 6.78. The topological polar surface area (TPSA) is 113 Å². The maximum absolute atomic E-state index is 11.3. The van der Waals surface area contributed by atoms with Crippen LogP contribution in [-0.2, 0) is 9.59 Å². The number of hydrogen-bond acceptors (Lipinski definition) is 4. The second-order valence-electron chi connectivity index (χ2n) is 3.51. The summed E-state index contributed by atoms with van der Waals surface area (Å²) in [7, 11) is 1.67. The Labute approximate surface area is 93.6 Å². The molecule has 0 rings (SSSR count). The summed E-state index contributed by atoms with van der Waals surface area (Å²) in [5.74, 6) is -1.37. The molecular weight excluding hydrogens is 214 g/mol. The molecule has 0 fully saturated rings. The van der Waals surface area contributed by atoms with Crippen LogP contribution in [0.1, 0.15) is 19.8 Å². The molecular formula is C9H17N3O4. The Balaban J connectivity index is 3.97. The highest BCUT2D eigenvalue weighted by molar-refractivity contribution is 5.96. The molecule has 92 valence electrons. The summed E-state index contributed by atoms with van der Waals surface area (Å²) in [4.78, 5) is 33.7. The molecule has 0 bridgehead atoms. The standard InChI is InChI=1S/C9H17N3O4/c1-6(8(15)11-9(10)16)12(2)5-3-4-7(13)14/h6H,3-5H2,1-2H3,(H,13,14)(H3,10,11,15,16). The summed E-state index contributed by atoms with van der Waals surface area (Å²) in [6, 6.07) is -1.42. The number of hydrogen-bond donors (Lipinski definition) is 3. The van der Waals surface area contributed by atoms with Crippen molar-refractivity contribution in [3.8, 4) is 0 Å². The highest BCUT2D eigenvalue weighted by Crippen LogP contribution is 1.99. The molecule has 0 saturated heterocycles. The van der Waals surface area contributed by atoms with Crippen LogP contribution in [0.3, 0.4) is 0 Å². The zero-order valence-electron chi connectivity index (χ0n) is 9.40. The predicted octanol–water partition coefficient (Wildman–Crippen LogP) is -0.634. The molecule has 1 unspecified atom stereocenters. The Morgan fingerprint density at radius 3 is 2.44 bits per heavy atom. The van der Waals surface area contributed by atoms with Crippen molar-refractivity contribution in [3.05, 3.63) is 0 Å². The number of carboxylic acids is 1. The molecule has 0 heterocycles. The number of carbonyl (C=O) groups excluding carboxylic acids is 2. The number of aliphatic carboxylic acids is 1. The number of primary amides is 1. The van der Waals surface area contributed by atoms with E-state index in [4.69, 9.17) is 10.8 Å². The fourth-order valence-electron chi connectivity index (χ4n) is 1.10. The van der Waals surface area contributed by atoms with E-state index in [-0.39, 0.29) is 6.42 Å². The van der Waals surface area contributed by atoms with Gasteiger partial charge in [0.25, 0.3) is 0 Å². The highest BCUT2D eigenvalue weighted by atomic mass is 16.4. The van der Waals surface area contributed by atoms with E-state index in [0.717, 1.165) is 0 Å². The van der Waals surface area contributed by atoms with Gasteiger partial charge in [-0.2, -0.15) is 0 Å². The van der Waals surface area contributed by atoms with Crippen LogP contribution < -0.4 is 11.1 Å². The third kappa shape index (κ3) is 5.97. The monoisotopic (exact) mass is 231 g/mol. The fourth-order valence-corrected chi connectivity index (χ4v) is 1.10.